The number of nitrogens with zero attached hydrogens (tertiary/aromatic N) is 2. The number of nitrogens with one attached hydrogen (secondary N) is 1. The molecule has 0 aliphatic heterocycles. The van der Waals surface area contributed by atoms with Gasteiger partial charge in [0, 0.05) is 18.2 Å². The minimum Gasteiger partial charge on any atom is -0.310 e. The minimum atomic E-state index is -0.212. The first-order valence-electron chi connectivity index (χ1n) is 7.46. The summed E-state index contributed by atoms with van der Waals surface area (Å²) in [5.74, 6) is 0.136. The van der Waals surface area contributed by atoms with Gasteiger partial charge in [0.1, 0.15) is 5.82 Å². The molecule has 1 heterocycles. The second-order valence-electron chi connectivity index (χ2n) is 6.09. The SMILES string of the molecule is Cc1cc(F)ccc1-n1ncc(CNC(C)C)c1C(C)C. The third-order valence-electron chi connectivity index (χ3n) is 3.52. The summed E-state index contributed by atoms with van der Waals surface area (Å²) in [5, 5.41) is 7.96. The summed E-state index contributed by atoms with van der Waals surface area (Å²) in [7, 11) is 0. The van der Waals surface area contributed by atoms with Crippen LogP contribution in [0.5, 0.6) is 0 Å². The molecule has 0 aliphatic carbocycles. The molecule has 0 atom stereocenters. The van der Waals surface area contributed by atoms with Gasteiger partial charge in [-0.15, -0.1) is 0 Å². The summed E-state index contributed by atoms with van der Waals surface area (Å²) in [5.41, 5.74) is 4.21. The highest BCUT2D eigenvalue weighted by molar-refractivity contribution is 5.43. The normalized spacial score (nSPS) is 11.6. The van der Waals surface area contributed by atoms with E-state index in [1.165, 1.54) is 17.3 Å². The lowest BCUT2D eigenvalue weighted by molar-refractivity contribution is 0.582. The summed E-state index contributed by atoms with van der Waals surface area (Å²) in [4.78, 5) is 0. The zero-order valence-corrected chi connectivity index (χ0v) is 13.4. The minimum absolute atomic E-state index is 0.212. The Morgan fingerprint density at radius 3 is 2.52 bits per heavy atom. The Bertz CT molecular complexity index is 614. The average Bonchev–Trinajstić information content (AvgIpc) is 2.80. The Hall–Kier alpha value is -1.68. The first-order valence-corrected chi connectivity index (χ1v) is 7.46. The van der Waals surface area contributed by atoms with E-state index in [2.05, 4.69) is 38.1 Å². The Kier molecular flexibility index (Phi) is 4.78. The van der Waals surface area contributed by atoms with Gasteiger partial charge in [0.05, 0.1) is 17.6 Å². The second-order valence-corrected chi connectivity index (χ2v) is 6.09. The van der Waals surface area contributed by atoms with Crippen molar-refractivity contribution in [2.45, 2.75) is 53.1 Å². The van der Waals surface area contributed by atoms with Crippen LogP contribution in [0.3, 0.4) is 0 Å². The predicted octanol–water partition coefficient (Wildman–Crippen LogP) is 3.94. The number of hydrogen-bond acceptors (Lipinski definition) is 2. The molecular weight excluding hydrogens is 265 g/mol. The van der Waals surface area contributed by atoms with Gasteiger partial charge < -0.3 is 5.32 Å². The highest BCUT2D eigenvalue weighted by Crippen LogP contribution is 2.25. The molecule has 3 nitrogen and oxygen atoms in total. The molecule has 0 bridgehead atoms. The number of benzene rings is 1. The largest absolute Gasteiger partial charge is 0.310 e. The Balaban J connectivity index is 2.44. The van der Waals surface area contributed by atoms with Crippen LogP contribution in [0.1, 0.15) is 50.4 Å². The highest BCUT2D eigenvalue weighted by Gasteiger charge is 2.16. The standard InChI is InChI=1S/C17H24FN3/c1-11(2)17-14(9-19-12(3)4)10-20-21(17)16-7-6-15(18)8-13(16)5/h6-8,10-12,19H,9H2,1-5H3. The van der Waals surface area contributed by atoms with Crippen molar-refractivity contribution in [2.24, 2.45) is 0 Å². The van der Waals surface area contributed by atoms with Gasteiger partial charge in [-0.25, -0.2) is 9.07 Å². The molecule has 1 aromatic heterocycles. The van der Waals surface area contributed by atoms with Crippen LogP contribution in [0.4, 0.5) is 4.39 Å². The van der Waals surface area contributed by atoms with Crippen molar-refractivity contribution >= 4 is 0 Å². The van der Waals surface area contributed by atoms with Crippen LogP contribution in [0.2, 0.25) is 0 Å². The smallest absolute Gasteiger partial charge is 0.123 e. The Labute approximate surface area is 126 Å². The topological polar surface area (TPSA) is 29.9 Å². The van der Waals surface area contributed by atoms with E-state index < -0.39 is 0 Å². The molecule has 0 fully saturated rings. The van der Waals surface area contributed by atoms with Gasteiger partial charge in [-0.3, -0.25) is 0 Å². The van der Waals surface area contributed by atoms with E-state index in [4.69, 9.17) is 0 Å². The Morgan fingerprint density at radius 1 is 1.24 bits per heavy atom. The zero-order chi connectivity index (χ0) is 15.6. The lowest BCUT2D eigenvalue weighted by atomic mass is 10.0. The summed E-state index contributed by atoms with van der Waals surface area (Å²) in [6, 6.07) is 5.26. The van der Waals surface area contributed by atoms with Crippen molar-refractivity contribution in [3.05, 3.63) is 47.0 Å². The van der Waals surface area contributed by atoms with E-state index >= 15 is 0 Å². The highest BCUT2D eigenvalue weighted by atomic mass is 19.1. The lowest BCUT2D eigenvalue weighted by Gasteiger charge is -2.15. The van der Waals surface area contributed by atoms with Crippen molar-refractivity contribution < 1.29 is 4.39 Å². The molecule has 0 amide bonds. The van der Waals surface area contributed by atoms with Crippen LogP contribution in [-0.2, 0) is 6.54 Å². The summed E-state index contributed by atoms with van der Waals surface area (Å²) in [6.07, 6.45) is 1.91. The fourth-order valence-corrected chi connectivity index (χ4v) is 2.51. The quantitative estimate of drug-likeness (QED) is 0.903. The van der Waals surface area contributed by atoms with Crippen molar-refractivity contribution in [1.82, 2.24) is 15.1 Å². The maximum Gasteiger partial charge on any atom is 0.123 e. The van der Waals surface area contributed by atoms with Crippen LogP contribution >= 0.6 is 0 Å². The van der Waals surface area contributed by atoms with Crippen LogP contribution in [0, 0.1) is 12.7 Å². The Morgan fingerprint density at radius 2 is 1.95 bits per heavy atom. The maximum absolute atomic E-state index is 13.3. The van der Waals surface area contributed by atoms with Gasteiger partial charge in [0.25, 0.3) is 0 Å². The van der Waals surface area contributed by atoms with Gasteiger partial charge in [0.2, 0.25) is 0 Å². The van der Waals surface area contributed by atoms with E-state index in [9.17, 15) is 4.39 Å². The second kappa shape index (κ2) is 6.39. The number of hydrogen-bond donors (Lipinski definition) is 1. The molecule has 2 aromatic rings. The van der Waals surface area contributed by atoms with Crippen molar-refractivity contribution in [3.8, 4) is 5.69 Å². The van der Waals surface area contributed by atoms with E-state index in [0.717, 1.165) is 17.8 Å². The monoisotopic (exact) mass is 289 g/mol. The fraction of sp³-hybridized carbons (Fsp3) is 0.471. The van der Waals surface area contributed by atoms with Gasteiger partial charge >= 0.3 is 0 Å². The molecule has 21 heavy (non-hydrogen) atoms. The zero-order valence-electron chi connectivity index (χ0n) is 13.4. The number of aryl methyl sites for hydroxylation is 1. The first kappa shape index (κ1) is 15.7. The third kappa shape index (κ3) is 3.50. The van der Waals surface area contributed by atoms with E-state index in [-0.39, 0.29) is 5.82 Å². The summed E-state index contributed by atoms with van der Waals surface area (Å²) >= 11 is 0. The van der Waals surface area contributed by atoms with Crippen LogP contribution in [0.25, 0.3) is 5.69 Å². The average molecular weight is 289 g/mol. The third-order valence-corrected chi connectivity index (χ3v) is 3.52. The van der Waals surface area contributed by atoms with E-state index in [1.54, 1.807) is 12.1 Å². The molecule has 0 saturated heterocycles. The lowest BCUT2D eigenvalue weighted by Crippen LogP contribution is -2.22. The predicted molar refractivity (Wildman–Crippen MR) is 84.3 cm³/mol. The molecule has 2 rings (SSSR count). The summed E-state index contributed by atoms with van der Waals surface area (Å²) in [6.45, 7) is 11.3. The first-order chi connectivity index (χ1) is 9.90. The van der Waals surface area contributed by atoms with Crippen molar-refractivity contribution in [3.63, 3.8) is 0 Å². The van der Waals surface area contributed by atoms with Crippen molar-refractivity contribution in [2.75, 3.05) is 0 Å². The van der Waals surface area contributed by atoms with Crippen LogP contribution in [-0.4, -0.2) is 15.8 Å². The summed E-state index contributed by atoms with van der Waals surface area (Å²) < 4.78 is 15.2. The van der Waals surface area contributed by atoms with Crippen LogP contribution in [0.15, 0.2) is 24.4 Å². The molecule has 1 aromatic carbocycles. The van der Waals surface area contributed by atoms with Gasteiger partial charge in [-0.05, 0) is 36.6 Å². The molecular formula is C17H24FN3. The van der Waals surface area contributed by atoms with Gasteiger partial charge in [-0.2, -0.15) is 5.10 Å². The number of halogens is 1. The number of aromatic nitrogens is 2. The van der Waals surface area contributed by atoms with Gasteiger partial charge in [0.15, 0.2) is 0 Å². The van der Waals surface area contributed by atoms with E-state index in [0.29, 0.717) is 12.0 Å². The molecule has 0 unspecified atom stereocenters. The molecule has 0 spiro atoms. The maximum atomic E-state index is 13.3. The molecule has 0 radical (unpaired) electrons. The van der Waals surface area contributed by atoms with E-state index in [1.807, 2.05) is 17.8 Å². The molecule has 0 saturated carbocycles. The van der Waals surface area contributed by atoms with Gasteiger partial charge in [-0.1, -0.05) is 27.7 Å². The van der Waals surface area contributed by atoms with Crippen LogP contribution < -0.4 is 5.32 Å². The fourth-order valence-electron chi connectivity index (χ4n) is 2.51. The van der Waals surface area contributed by atoms with Crippen molar-refractivity contribution in [1.29, 1.82) is 0 Å². The molecule has 4 heteroatoms. The molecule has 114 valence electrons. The molecule has 1 N–H and O–H groups in total. The molecule has 0 aliphatic rings. The number of rotatable bonds is 5.